The third-order valence-corrected chi connectivity index (χ3v) is 3.81. The quantitative estimate of drug-likeness (QED) is 0.813. The molecule has 98 valence electrons. The van der Waals surface area contributed by atoms with Crippen LogP contribution in [-0.2, 0) is 9.59 Å². The number of carbonyl (C=O) groups excluding carboxylic acids is 2. The number of piperazine rings is 1. The van der Waals surface area contributed by atoms with Crippen molar-refractivity contribution in [1.82, 2.24) is 10.2 Å². The van der Waals surface area contributed by atoms with Crippen LogP contribution in [-0.4, -0.2) is 34.3 Å². The van der Waals surface area contributed by atoms with Crippen molar-refractivity contribution in [1.29, 1.82) is 0 Å². The van der Waals surface area contributed by atoms with Gasteiger partial charge in [-0.3, -0.25) is 9.59 Å². The number of carbonyl (C=O) groups is 2. The third-order valence-electron chi connectivity index (χ3n) is 3.81. The molecule has 0 aromatic heterocycles. The molecule has 4 nitrogen and oxygen atoms in total. The fraction of sp³-hybridized carbons (Fsp3) is 0.846. The molecule has 1 N–H and O–H groups in total. The van der Waals surface area contributed by atoms with Gasteiger partial charge < -0.3 is 10.2 Å². The zero-order chi connectivity index (χ0) is 13.2. The van der Waals surface area contributed by atoms with E-state index in [9.17, 15) is 9.59 Å². The Morgan fingerprint density at radius 3 is 2.47 bits per heavy atom. The van der Waals surface area contributed by atoms with Crippen LogP contribution in [0.4, 0.5) is 0 Å². The van der Waals surface area contributed by atoms with Crippen molar-refractivity contribution in [2.75, 3.05) is 0 Å². The second-order valence-corrected chi connectivity index (χ2v) is 5.17. The summed E-state index contributed by atoms with van der Waals surface area (Å²) in [7, 11) is 0. The first-order chi connectivity index (χ1) is 7.88. The first-order valence-electron chi connectivity index (χ1n) is 6.52. The number of hydrogen-bond donors (Lipinski definition) is 1. The van der Waals surface area contributed by atoms with Gasteiger partial charge in [-0.2, -0.15) is 0 Å². The highest BCUT2D eigenvalue weighted by Crippen LogP contribution is 2.28. The van der Waals surface area contributed by atoms with Crippen molar-refractivity contribution < 1.29 is 9.59 Å². The van der Waals surface area contributed by atoms with Gasteiger partial charge in [-0.05, 0) is 33.6 Å². The summed E-state index contributed by atoms with van der Waals surface area (Å²) in [5.74, 6) is 0.00459. The number of hydrogen-bond acceptors (Lipinski definition) is 2. The third kappa shape index (κ3) is 2.31. The summed E-state index contributed by atoms with van der Waals surface area (Å²) >= 11 is 0. The van der Waals surface area contributed by atoms with Crippen LogP contribution in [0.15, 0.2) is 0 Å². The Labute approximate surface area is 104 Å². The van der Waals surface area contributed by atoms with Crippen LogP contribution >= 0.6 is 0 Å². The van der Waals surface area contributed by atoms with Gasteiger partial charge in [-0.25, -0.2) is 0 Å². The van der Waals surface area contributed by atoms with E-state index in [1.807, 2.05) is 20.8 Å². The molecule has 0 radical (unpaired) electrons. The van der Waals surface area contributed by atoms with Crippen molar-refractivity contribution in [3.63, 3.8) is 0 Å². The van der Waals surface area contributed by atoms with E-state index in [0.717, 1.165) is 12.8 Å². The molecule has 0 aromatic carbocycles. The molecule has 1 heterocycles. The van der Waals surface area contributed by atoms with E-state index in [-0.39, 0.29) is 17.9 Å². The normalized spacial score (nSPS) is 31.4. The molecule has 2 amide bonds. The van der Waals surface area contributed by atoms with Crippen LogP contribution in [0.5, 0.6) is 0 Å². The van der Waals surface area contributed by atoms with Crippen molar-refractivity contribution in [2.24, 2.45) is 0 Å². The predicted octanol–water partition coefficient (Wildman–Crippen LogP) is 1.69. The molecule has 4 heteroatoms. The molecule has 1 aliphatic rings. The summed E-state index contributed by atoms with van der Waals surface area (Å²) in [5.41, 5.74) is -0.696. The second-order valence-electron chi connectivity index (χ2n) is 5.17. The topological polar surface area (TPSA) is 49.4 Å². The lowest BCUT2D eigenvalue weighted by Crippen LogP contribution is -2.70. The standard InChI is InChI=1S/C13H24N2O2/c1-6-8-9(3)15-11(16)10(4)14-12(17)13(15,5)7-2/h9-10H,6-8H2,1-5H3,(H,14,17). The SMILES string of the molecule is CCCC(C)N1C(=O)C(C)NC(=O)C1(C)CC. The van der Waals surface area contributed by atoms with E-state index in [1.165, 1.54) is 0 Å². The summed E-state index contributed by atoms with van der Waals surface area (Å²) in [6.07, 6.45) is 2.59. The van der Waals surface area contributed by atoms with E-state index >= 15 is 0 Å². The van der Waals surface area contributed by atoms with Gasteiger partial charge in [0.1, 0.15) is 11.6 Å². The van der Waals surface area contributed by atoms with E-state index < -0.39 is 11.6 Å². The first-order valence-corrected chi connectivity index (χ1v) is 6.52. The van der Waals surface area contributed by atoms with Gasteiger partial charge in [0, 0.05) is 6.04 Å². The Bertz CT molecular complexity index is 317. The zero-order valence-corrected chi connectivity index (χ0v) is 11.5. The van der Waals surface area contributed by atoms with Crippen molar-refractivity contribution >= 4 is 11.8 Å². The monoisotopic (exact) mass is 240 g/mol. The van der Waals surface area contributed by atoms with Crippen molar-refractivity contribution in [3.05, 3.63) is 0 Å². The van der Waals surface area contributed by atoms with Gasteiger partial charge in [0.2, 0.25) is 11.8 Å². The molecule has 3 atom stereocenters. The minimum Gasteiger partial charge on any atom is -0.343 e. The summed E-state index contributed by atoms with van der Waals surface area (Å²) in [6, 6.07) is -0.285. The van der Waals surface area contributed by atoms with Crippen LogP contribution in [0.1, 0.15) is 53.9 Å². The van der Waals surface area contributed by atoms with Gasteiger partial charge in [0.15, 0.2) is 0 Å². The van der Waals surface area contributed by atoms with Gasteiger partial charge in [0.05, 0.1) is 0 Å². The van der Waals surface area contributed by atoms with E-state index in [1.54, 1.807) is 11.8 Å². The van der Waals surface area contributed by atoms with Gasteiger partial charge in [-0.1, -0.05) is 20.3 Å². The molecule has 1 saturated heterocycles. The molecule has 0 aromatic rings. The Morgan fingerprint density at radius 1 is 1.41 bits per heavy atom. The number of rotatable bonds is 4. The first kappa shape index (κ1) is 14.0. The van der Waals surface area contributed by atoms with Crippen LogP contribution in [0.2, 0.25) is 0 Å². The van der Waals surface area contributed by atoms with E-state index in [4.69, 9.17) is 0 Å². The van der Waals surface area contributed by atoms with E-state index in [0.29, 0.717) is 6.42 Å². The lowest BCUT2D eigenvalue weighted by Gasteiger charge is -2.48. The average molecular weight is 240 g/mol. The molecule has 17 heavy (non-hydrogen) atoms. The van der Waals surface area contributed by atoms with E-state index in [2.05, 4.69) is 12.2 Å². The molecule has 0 saturated carbocycles. The highest BCUT2D eigenvalue weighted by molar-refractivity contribution is 5.99. The highest BCUT2D eigenvalue weighted by atomic mass is 16.2. The maximum atomic E-state index is 12.3. The Kier molecular flexibility index (Phi) is 4.17. The number of nitrogens with zero attached hydrogens (tertiary/aromatic N) is 1. The lowest BCUT2D eigenvalue weighted by molar-refractivity contribution is -0.159. The number of nitrogens with one attached hydrogen (secondary N) is 1. The molecular weight excluding hydrogens is 216 g/mol. The van der Waals surface area contributed by atoms with Crippen LogP contribution < -0.4 is 5.32 Å². The molecule has 0 bridgehead atoms. The highest BCUT2D eigenvalue weighted by Gasteiger charge is 2.48. The minimum atomic E-state index is -0.696. The Hall–Kier alpha value is -1.06. The largest absolute Gasteiger partial charge is 0.343 e. The molecule has 1 rings (SSSR count). The van der Waals surface area contributed by atoms with Crippen LogP contribution in [0, 0.1) is 0 Å². The molecule has 1 fully saturated rings. The van der Waals surface area contributed by atoms with Gasteiger partial charge >= 0.3 is 0 Å². The smallest absolute Gasteiger partial charge is 0.246 e. The summed E-state index contributed by atoms with van der Waals surface area (Å²) in [5, 5.41) is 2.77. The summed E-state index contributed by atoms with van der Waals surface area (Å²) in [4.78, 5) is 26.2. The molecule has 0 spiro atoms. The zero-order valence-electron chi connectivity index (χ0n) is 11.5. The minimum absolute atomic E-state index is 0.0324. The fourth-order valence-electron chi connectivity index (χ4n) is 2.56. The average Bonchev–Trinajstić information content (AvgIpc) is 2.27. The maximum absolute atomic E-state index is 12.3. The summed E-state index contributed by atoms with van der Waals surface area (Å²) < 4.78 is 0. The lowest BCUT2D eigenvalue weighted by atomic mass is 9.88. The molecular formula is C13H24N2O2. The van der Waals surface area contributed by atoms with Crippen LogP contribution in [0.3, 0.4) is 0 Å². The Balaban J connectivity index is 3.07. The fourth-order valence-corrected chi connectivity index (χ4v) is 2.56. The van der Waals surface area contributed by atoms with Gasteiger partial charge in [0.25, 0.3) is 0 Å². The molecule has 1 aliphatic heterocycles. The van der Waals surface area contributed by atoms with Crippen molar-refractivity contribution in [3.8, 4) is 0 Å². The second kappa shape index (κ2) is 5.07. The van der Waals surface area contributed by atoms with Gasteiger partial charge in [-0.15, -0.1) is 0 Å². The van der Waals surface area contributed by atoms with Crippen molar-refractivity contribution in [2.45, 2.75) is 71.5 Å². The maximum Gasteiger partial charge on any atom is 0.246 e. The molecule has 3 unspecified atom stereocenters. The molecule has 0 aliphatic carbocycles. The number of amides is 2. The summed E-state index contributed by atoms with van der Waals surface area (Å²) in [6.45, 7) is 9.69. The van der Waals surface area contributed by atoms with Crippen LogP contribution in [0.25, 0.3) is 0 Å². The predicted molar refractivity (Wildman–Crippen MR) is 67.5 cm³/mol. The Morgan fingerprint density at radius 2 is 2.00 bits per heavy atom.